The molecule has 5 nitrogen and oxygen atoms in total. The second-order valence-electron chi connectivity index (χ2n) is 5.63. The molecule has 1 aromatic carbocycles. The van der Waals surface area contributed by atoms with Gasteiger partial charge in [0.05, 0.1) is 31.1 Å². The molecule has 2 aromatic rings. The Kier molecular flexibility index (Phi) is 4.71. The van der Waals surface area contributed by atoms with Gasteiger partial charge in [-0.05, 0) is 26.0 Å². The first-order chi connectivity index (χ1) is 11.1. The summed E-state index contributed by atoms with van der Waals surface area (Å²) in [4.78, 5) is 10.5. The minimum atomic E-state index is -0.419. The molecular weight excluding hydrogens is 297 g/mol. The Hall–Kier alpha value is -2.21. The first-order valence-electron chi connectivity index (χ1n) is 7.76. The molecule has 2 heterocycles. The molecule has 1 aliphatic rings. The molecule has 0 radical (unpaired) electrons. The van der Waals surface area contributed by atoms with Crippen molar-refractivity contribution in [2.45, 2.75) is 20.0 Å². The Morgan fingerprint density at radius 2 is 1.96 bits per heavy atom. The predicted octanol–water partition coefficient (Wildman–Crippen LogP) is 2.91. The Balaban J connectivity index is 1.97. The number of anilines is 1. The van der Waals surface area contributed by atoms with Crippen LogP contribution >= 0.6 is 0 Å². The summed E-state index contributed by atoms with van der Waals surface area (Å²) < 4.78 is 25.3. The van der Waals surface area contributed by atoms with E-state index >= 15 is 0 Å². The first-order valence-corrected chi connectivity index (χ1v) is 7.76. The van der Waals surface area contributed by atoms with Gasteiger partial charge in [0.15, 0.2) is 17.5 Å². The number of hydrogen-bond donors (Lipinski definition) is 0. The third-order valence-electron chi connectivity index (χ3n) is 3.53. The van der Waals surface area contributed by atoms with Crippen molar-refractivity contribution in [3.8, 4) is 17.1 Å². The Bertz CT molecular complexity index is 673. The van der Waals surface area contributed by atoms with Gasteiger partial charge >= 0.3 is 0 Å². The Morgan fingerprint density at radius 3 is 2.70 bits per heavy atom. The van der Waals surface area contributed by atoms with E-state index in [9.17, 15) is 4.39 Å². The van der Waals surface area contributed by atoms with Gasteiger partial charge in [0.2, 0.25) is 0 Å². The molecule has 1 aliphatic heterocycles. The lowest BCUT2D eigenvalue weighted by Crippen LogP contribution is -2.37. The summed E-state index contributed by atoms with van der Waals surface area (Å²) in [5, 5.41) is 0. The summed E-state index contributed by atoms with van der Waals surface area (Å²) in [5.74, 6) is 1.06. The summed E-state index contributed by atoms with van der Waals surface area (Å²) in [6.45, 7) is 6.32. The van der Waals surface area contributed by atoms with Crippen molar-refractivity contribution in [3.05, 3.63) is 36.3 Å². The number of morpholine rings is 1. The topological polar surface area (TPSA) is 47.5 Å². The summed E-state index contributed by atoms with van der Waals surface area (Å²) >= 11 is 0. The minimum Gasteiger partial charge on any atom is -0.490 e. The van der Waals surface area contributed by atoms with Crippen molar-refractivity contribution in [3.63, 3.8) is 0 Å². The maximum Gasteiger partial charge on any atom is 0.183 e. The van der Waals surface area contributed by atoms with E-state index in [1.807, 2.05) is 43.0 Å². The minimum absolute atomic E-state index is 0.0373. The molecule has 1 fully saturated rings. The smallest absolute Gasteiger partial charge is 0.183 e. The number of para-hydroxylation sites is 1. The number of nitrogens with zero attached hydrogens (tertiary/aromatic N) is 3. The number of hydrogen-bond acceptors (Lipinski definition) is 5. The third-order valence-corrected chi connectivity index (χ3v) is 3.53. The maximum absolute atomic E-state index is 14.1. The van der Waals surface area contributed by atoms with Crippen LogP contribution in [0.3, 0.4) is 0 Å². The Labute approximate surface area is 135 Å². The Morgan fingerprint density at radius 1 is 1.22 bits per heavy atom. The molecule has 1 saturated heterocycles. The lowest BCUT2D eigenvalue weighted by Gasteiger charge is -2.28. The van der Waals surface area contributed by atoms with Crippen molar-refractivity contribution in [1.82, 2.24) is 9.97 Å². The number of aromatic nitrogens is 2. The van der Waals surface area contributed by atoms with Gasteiger partial charge in [-0.3, -0.25) is 0 Å². The molecule has 23 heavy (non-hydrogen) atoms. The fourth-order valence-electron chi connectivity index (χ4n) is 2.49. The molecule has 0 unspecified atom stereocenters. The average Bonchev–Trinajstić information content (AvgIpc) is 2.56. The van der Waals surface area contributed by atoms with Gasteiger partial charge in [0.1, 0.15) is 5.75 Å². The van der Waals surface area contributed by atoms with Crippen LogP contribution < -0.4 is 9.64 Å². The zero-order valence-electron chi connectivity index (χ0n) is 13.3. The van der Waals surface area contributed by atoms with Gasteiger partial charge in [-0.25, -0.2) is 14.4 Å². The third kappa shape index (κ3) is 3.59. The van der Waals surface area contributed by atoms with Gasteiger partial charge in [-0.2, -0.15) is 0 Å². The van der Waals surface area contributed by atoms with Gasteiger partial charge in [-0.15, -0.1) is 0 Å². The molecule has 6 heteroatoms. The molecule has 122 valence electrons. The van der Waals surface area contributed by atoms with E-state index in [0.29, 0.717) is 43.7 Å². The van der Waals surface area contributed by atoms with Crippen molar-refractivity contribution < 1.29 is 13.9 Å². The number of benzene rings is 1. The van der Waals surface area contributed by atoms with E-state index in [4.69, 9.17) is 9.47 Å². The molecule has 0 atom stereocenters. The van der Waals surface area contributed by atoms with E-state index in [0.717, 1.165) is 5.56 Å². The van der Waals surface area contributed by atoms with Crippen LogP contribution in [0.15, 0.2) is 30.5 Å². The normalized spacial score (nSPS) is 15.0. The quantitative estimate of drug-likeness (QED) is 0.868. The molecule has 0 bridgehead atoms. The van der Waals surface area contributed by atoms with Gasteiger partial charge < -0.3 is 14.4 Å². The highest BCUT2D eigenvalue weighted by Gasteiger charge is 2.19. The van der Waals surface area contributed by atoms with Crippen LogP contribution in [0.25, 0.3) is 11.4 Å². The number of ether oxygens (including phenoxy) is 2. The van der Waals surface area contributed by atoms with Crippen LogP contribution in [0, 0.1) is 5.82 Å². The molecule has 0 amide bonds. The zero-order valence-corrected chi connectivity index (χ0v) is 13.3. The lowest BCUT2D eigenvalue weighted by molar-refractivity contribution is 0.122. The maximum atomic E-state index is 14.1. The highest BCUT2D eigenvalue weighted by molar-refractivity contribution is 5.65. The zero-order chi connectivity index (χ0) is 16.2. The average molecular weight is 317 g/mol. The molecule has 1 aromatic heterocycles. The van der Waals surface area contributed by atoms with Crippen LogP contribution in [0.4, 0.5) is 10.2 Å². The second-order valence-corrected chi connectivity index (χ2v) is 5.63. The van der Waals surface area contributed by atoms with E-state index < -0.39 is 5.82 Å². The summed E-state index contributed by atoms with van der Waals surface area (Å²) in [7, 11) is 0. The molecular formula is C17H20FN3O2. The fraction of sp³-hybridized carbons (Fsp3) is 0.412. The number of halogens is 1. The summed E-state index contributed by atoms with van der Waals surface area (Å²) in [6.07, 6.45) is 1.26. The van der Waals surface area contributed by atoms with Crippen LogP contribution in [0.2, 0.25) is 0 Å². The standard InChI is InChI=1S/C17H20FN3O2/c1-12(2)23-15-6-4-3-5-13(15)16-19-11-14(18)17(20-16)21-7-9-22-10-8-21/h3-6,11-12H,7-10H2,1-2H3. The largest absolute Gasteiger partial charge is 0.490 e. The van der Waals surface area contributed by atoms with Gasteiger partial charge in [0, 0.05) is 13.1 Å². The van der Waals surface area contributed by atoms with Gasteiger partial charge in [0.25, 0.3) is 0 Å². The fourth-order valence-corrected chi connectivity index (χ4v) is 2.49. The molecule has 0 N–H and O–H groups in total. The second kappa shape index (κ2) is 6.91. The van der Waals surface area contributed by atoms with E-state index in [2.05, 4.69) is 9.97 Å². The monoisotopic (exact) mass is 317 g/mol. The van der Waals surface area contributed by atoms with Gasteiger partial charge in [-0.1, -0.05) is 12.1 Å². The van der Waals surface area contributed by atoms with E-state index in [1.54, 1.807) is 0 Å². The van der Waals surface area contributed by atoms with E-state index in [1.165, 1.54) is 6.20 Å². The van der Waals surface area contributed by atoms with Crippen molar-refractivity contribution >= 4 is 5.82 Å². The summed E-state index contributed by atoms with van der Waals surface area (Å²) in [6, 6.07) is 7.54. The van der Waals surface area contributed by atoms with Crippen molar-refractivity contribution in [2.24, 2.45) is 0 Å². The highest BCUT2D eigenvalue weighted by Crippen LogP contribution is 2.30. The van der Waals surface area contributed by atoms with Crippen molar-refractivity contribution in [2.75, 3.05) is 31.2 Å². The SMILES string of the molecule is CC(C)Oc1ccccc1-c1ncc(F)c(N2CCOCC2)n1. The number of rotatable bonds is 4. The van der Waals surface area contributed by atoms with Crippen LogP contribution in [-0.4, -0.2) is 42.4 Å². The first kappa shape index (κ1) is 15.7. The predicted molar refractivity (Wildman–Crippen MR) is 86.2 cm³/mol. The van der Waals surface area contributed by atoms with E-state index in [-0.39, 0.29) is 6.10 Å². The molecule has 0 spiro atoms. The lowest BCUT2D eigenvalue weighted by atomic mass is 10.2. The summed E-state index contributed by atoms with van der Waals surface area (Å²) in [5.41, 5.74) is 0.760. The van der Waals surface area contributed by atoms with Crippen LogP contribution in [-0.2, 0) is 4.74 Å². The molecule has 3 rings (SSSR count). The molecule has 0 saturated carbocycles. The molecule has 0 aliphatic carbocycles. The van der Waals surface area contributed by atoms with Crippen LogP contribution in [0.1, 0.15) is 13.8 Å². The highest BCUT2D eigenvalue weighted by atomic mass is 19.1. The van der Waals surface area contributed by atoms with Crippen molar-refractivity contribution in [1.29, 1.82) is 0 Å². The van der Waals surface area contributed by atoms with Crippen LogP contribution in [0.5, 0.6) is 5.75 Å².